The maximum atomic E-state index is 12.4. The standard InChI is InChI=1S/C16H23N5O2/c1-10(2)21-13(9-11(3)20-21)14(22)17-16-19-18-15(23-16)12-7-5-4-6-8-12/h9-10,12H,4-8H2,1-3H3,(H,17,19,22). The Morgan fingerprint density at radius 2 is 2.04 bits per heavy atom. The number of nitrogens with one attached hydrogen (secondary N) is 1. The molecular formula is C16H23N5O2. The van der Waals surface area contributed by atoms with E-state index in [1.807, 2.05) is 20.8 Å². The lowest BCUT2D eigenvalue weighted by molar-refractivity contribution is 0.101. The zero-order valence-corrected chi connectivity index (χ0v) is 13.9. The molecule has 2 aromatic rings. The van der Waals surface area contributed by atoms with Crippen LogP contribution >= 0.6 is 0 Å². The van der Waals surface area contributed by atoms with Crippen molar-refractivity contribution in [2.45, 2.75) is 64.8 Å². The summed E-state index contributed by atoms with van der Waals surface area (Å²) in [4.78, 5) is 12.4. The van der Waals surface area contributed by atoms with Crippen molar-refractivity contribution in [2.75, 3.05) is 5.32 Å². The summed E-state index contributed by atoms with van der Waals surface area (Å²) in [5.41, 5.74) is 1.30. The molecular weight excluding hydrogens is 294 g/mol. The van der Waals surface area contributed by atoms with Gasteiger partial charge in [-0.1, -0.05) is 24.4 Å². The van der Waals surface area contributed by atoms with Crippen LogP contribution in [0.3, 0.4) is 0 Å². The van der Waals surface area contributed by atoms with E-state index in [0.29, 0.717) is 17.5 Å². The van der Waals surface area contributed by atoms with Crippen LogP contribution in [0.4, 0.5) is 6.01 Å². The van der Waals surface area contributed by atoms with Gasteiger partial charge in [0.25, 0.3) is 5.91 Å². The van der Waals surface area contributed by atoms with Crippen LogP contribution in [0.25, 0.3) is 0 Å². The van der Waals surface area contributed by atoms with E-state index in [1.54, 1.807) is 10.7 Å². The maximum Gasteiger partial charge on any atom is 0.322 e. The molecule has 7 heteroatoms. The van der Waals surface area contributed by atoms with Crippen molar-refractivity contribution in [1.82, 2.24) is 20.0 Å². The Balaban J connectivity index is 1.72. The first-order valence-electron chi connectivity index (χ1n) is 8.25. The van der Waals surface area contributed by atoms with Gasteiger partial charge < -0.3 is 4.42 Å². The average molecular weight is 317 g/mol. The van der Waals surface area contributed by atoms with E-state index < -0.39 is 0 Å². The van der Waals surface area contributed by atoms with Crippen LogP contribution in [-0.2, 0) is 0 Å². The van der Waals surface area contributed by atoms with Gasteiger partial charge in [0.05, 0.1) is 5.69 Å². The Morgan fingerprint density at radius 3 is 2.74 bits per heavy atom. The number of hydrogen-bond acceptors (Lipinski definition) is 5. The van der Waals surface area contributed by atoms with Gasteiger partial charge in [-0.2, -0.15) is 5.10 Å². The molecule has 1 N–H and O–H groups in total. The minimum Gasteiger partial charge on any atom is -0.408 e. The van der Waals surface area contributed by atoms with Crippen molar-refractivity contribution < 1.29 is 9.21 Å². The molecule has 124 valence electrons. The van der Waals surface area contributed by atoms with E-state index in [2.05, 4.69) is 20.6 Å². The van der Waals surface area contributed by atoms with Gasteiger partial charge in [0.2, 0.25) is 5.89 Å². The van der Waals surface area contributed by atoms with Crippen LogP contribution in [0.5, 0.6) is 0 Å². The van der Waals surface area contributed by atoms with Crippen LogP contribution in [-0.4, -0.2) is 25.9 Å². The molecule has 3 rings (SSSR count). The number of aryl methyl sites for hydroxylation is 1. The number of nitrogens with zero attached hydrogens (tertiary/aromatic N) is 4. The highest BCUT2D eigenvalue weighted by molar-refractivity contribution is 6.01. The third kappa shape index (κ3) is 3.43. The molecule has 1 aliphatic rings. The van der Waals surface area contributed by atoms with E-state index in [0.717, 1.165) is 18.5 Å². The molecule has 0 spiro atoms. The lowest BCUT2D eigenvalue weighted by Crippen LogP contribution is -2.19. The van der Waals surface area contributed by atoms with E-state index >= 15 is 0 Å². The maximum absolute atomic E-state index is 12.4. The number of hydrogen-bond donors (Lipinski definition) is 1. The number of anilines is 1. The van der Waals surface area contributed by atoms with Crippen molar-refractivity contribution >= 4 is 11.9 Å². The highest BCUT2D eigenvalue weighted by atomic mass is 16.4. The molecule has 2 aromatic heterocycles. The average Bonchev–Trinajstić information content (AvgIpc) is 3.15. The Morgan fingerprint density at radius 1 is 1.30 bits per heavy atom. The Hall–Kier alpha value is -2.18. The number of amides is 1. The van der Waals surface area contributed by atoms with Crippen molar-refractivity contribution in [2.24, 2.45) is 0 Å². The SMILES string of the molecule is Cc1cc(C(=O)Nc2nnc(C3CCCCC3)o2)n(C(C)C)n1. The van der Waals surface area contributed by atoms with Crippen molar-refractivity contribution in [3.8, 4) is 0 Å². The number of carbonyl (C=O) groups excluding carboxylic acids is 1. The van der Waals surface area contributed by atoms with Crippen molar-refractivity contribution in [3.05, 3.63) is 23.3 Å². The summed E-state index contributed by atoms with van der Waals surface area (Å²) in [6, 6.07) is 2.02. The fraction of sp³-hybridized carbons (Fsp3) is 0.625. The van der Waals surface area contributed by atoms with Gasteiger partial charge in [-0.25, -0.2) is 0 Å². The van der Waals surface area contributed by atoms with Gasteiger partial charge in [0, 0.05) is 12.0 Å². The van der Waals surface area contributed by atoms with E-state index in [9.17, 15) is 4.79 Å². The topological polar surface area (TPSA) is 85.8 Å². The normalized spacial score (nSPS) is 16.0. The van der Waals surface area contributed by atoms with Crippen LogP contribution in [0, 0.1) is 6.92 Å². The van der Waals surface area contributed by atoms with Gasteiger partial charge in [-0.3, -0.25) is 14.8 Å². The summed E-state index contributed by atoms with van der Waals surface area (Å²) < 4.78 is 7.34. The molecule has 0 radical (unpaired) electrons. The van der Waals surface area contributed by atoms with Gasteiger partial charge in [0.1, 0.15) is 5.69 Å². The second kappa shape index (κ2) is 6.52. The summed E-state index contributed by atoms with van der Waals surface area (Å²) in [6.07, 6.45) is 5.82. The molecule has 1 fully saturated rings. The minimum atomic E-state index is -0.279. The highest BCUT2D eigenvalue weighted by Crippen LogP contribution is 2.32. The third-order valence-corrected chi connectivity index (χ3v) is 4.20. The highest BCUT2D eigenvalue weighted by Gasteiger charge is 2.23. The molecule has 0 saturated heterocycles. The zero-order valence-electron chi connectivity index (χ0n) is 13.9. The second-order valence-electron chi connectivity index (χ2n) is 6.44. The molecule has 0 aliphatic heterocycles. The summed E-state index contributed by atoms with van der Waals surface area (Å²) in [5, 5.41) is 15.1. The van der Waals surface area contributed by atoms with Gasteiger partial charge >= 0.3 is 6.01 Å². The first-order chi connectivity index (χ1) is 11.0. The van der Waals surface area contributed by atoms with Gasteiger partial charge in [-0.15, -0.1) is 5.10 Å². The number of carbonyl (C=O) groups is 1. The third-order valence-electron chi connectivity index (χ3n) is 4.20. The minimum absolute atomic E-state index is 0.102. The van der Waals surface area contributed by atoms with E-state index in [4.69, 9.17) is 4.42 Å². The first kappa shape index (κ1) is 15.7. The predicted octanol–water partition coefficient (Wildman–Crippen LogP) is 3.46. The van der Waals surface area contributed by atoms with Gasteiger partial charge in [-0.05, 0) is 39.7 Å². The van der Waals surface area contributed by atoms with Crippen LogP contribution < -0.4 is 5.32 Å². The molecule has 2 heterocycles. The lowest BCUT2D eigenvalue weighted by Gasteiger charge is -2.17. The van der Waals surface area contributed by atoms with Crippen LogP contribution in [0.2, 0.25) is 0 Å². The molecule has 1 amide bonds. The molecule has 1 saturated carbocycles. The molecule has 1 aliphatic carbocycles. The zero-order chi connectivity index (χ0) is 16.4. The monoisotopic (exact) mass is 317 g/mol. The van der Waals surface area contributed by atoms with E-state index in [-0.39, 0.29) is 18.0 Å². The largest absolute Gasteiger partial charge is 0.408 e. The van der Waals surface area contributed by atoms with Crippen molar-refractivity contribution in [3.63, 3.8) is 0 Å². The van der Waals surface area contributed by atoms with E-state index in [1.165, 1.54) is 19.3 Å². The summed E-state index contributed by atoms with van der Waals surface area (Å²) in [5.74, 6) is 0.678. The molecule has 0 aromatic carbocycles. The summed E-state index contributed by atoms with van der Waals surface area (Å²) >= 11 is 0. The summed E-state index contributed by atoms with van der Waals surface area (Å²) in [6.45, 7) is 5.83. The first-order valence-corrected chi connectivity index (χ1v) is 8.25. The van der Waals surface area contributed by atoms with Crippen molar-refractivity contribution in [1.29, 1.82) is 0 Å². The number of rotatable bonds is 4. The van der Waals surface area contributed by atoms with Crippen LogP contribution in [0.1, 0.15) is 80.0 Å². The Bertz CT molecular complexity index is 682. The predicted molar refractivity (Wildman–Crippen MR) is 85.4 cm³/mol. The smallest absolute Gasteiger partial charge is 0.322 e. The van der Waals surface area contributed by atoms with Gasteiger partial charge in [0.15, 0.2) is 0 Å². The molecule has 7 nitrogen and oxygen atoms in total. The fourth-order valence-corrected chi connectivity index (χ4v) is 3.04. The number of aromatic nitrogens is 4. The fourth-order valence-electron chi connectivity index (χ4n) is 3.04. The molecule has 23 heavy (non-hydrogen) atoms. The second-order valence-corrected chi connectivity index (χ2v) is 6.44. The quantitative estimate of drug-likeness (QED) is 0.933. The molecule has 0 unspecified atom stereocenters. The Kier molecular flexibility index (Phi) is 4.45. The molecule has 0 bridgehead atoms. The molecule has 0 atom stereocenters. The summed E-state index contributed by atoms with van der Waals surface area (Å²) in [7, 11) is 0. The lowest BCUT2D eigenvalue weighted by atomic mass is 9.89. The Labute approximate surface area is 135 Å². The van der Waals surface area contributed by atoms with Crippen LogP contribution in [0.15, 0.2) is 10.5 Å².